The van der Waals surface area contributed by atoms with Crippen molar-refractivity contribution >= 4 is 5.91 Å². The molecule has 4 heteroatoms. The maximum atomic E-state index is 12.5. The minimum Gasteiger partial charge on any atom is -0.340 e. The molecule has 1 saturated heterocycles. The Bertz CT molecular complexity index is 339. The third-order valence-electron chi connectivity index (χ3n) is 4.26. The van der Waals surface area contributed by atoms with Crippen molar-refractivity contribution in [3.63, 3.8) is 0 Å². The van der Waals surface area contributed by atoms with Crippen LogP contribution in [0.25, 0.3) is 0 Å². The number of carbonyl (C=O) groups excluding carboxylic acids is 1. The van der Waals surface area contributed by atoms with Gasteiger partial charge in [0.2, 0.25) is 5.91 Å². The van der Waals surface area contributed by atoms with Crippen LogP contribution in [0.5, 0.6) is 0 Å². The quantitative estimate of drug-likeness (QED) is 0.723. The monoisotopic (exact) mass is 235 g/mol. The van der Waals surface area contributed by atoms with Crippen molar-refractivity contribution in [1.82, 2.24) is 9.80 Å². The SMILES string of the molecule is CN(C)C1CCN(C(=O)C2(C#N)CCCC2)C1. The molecule has 1 atom stereocenters. The summed E-state index contributed by atoms with van der Waals surface area (Å²) < 4.78 is 0. The van der Waals surface area contributed by atoms with E-state index in [2.05, 4.69) is 11.0 Å². The molecule has 2 aliphatic rings. The van der Waals surface area contributed by atoms with E-state index in [0.29, 0.717) is 6.04 Å². The average Bonchev–Trinajstić information content (AvgIpc) is 2.98. The summed E-state index contributed by atoms with van der Waals surface area (Å²) in [7, 11) is 4.10. The predicted octanol–water partition coefficient (Wildman–Crippen LogP) is 1.23. The molecule has 1 heterocycles. The average molecular weight is 235 g/mol. The van der Waals surface area contributed by atoms with Crippen molar-refractivity contribution in [2.75, 3.05) is 27.2 Å². The molecular weight excluding hydrogens is 214 g/mol. The summed E-state index contributed by atoms with van der Waals surface area (Å²) in [4.78, 5) is 16.5. The molecule has 0 N–H and O–H groups in total. The topological polar surface area (TPSA) is 47.3 Å². The number of likely N-dealkylation sites (tertiary alicyclic amines) is 1. The molecule has 0 radical (unpaired) electrons. The van der Waals surface area contributed by atoms with Crippen LogP contribution >= 0.6 is 0 Å². The van der Waals surface area contributed by atoms with Gasteiger partial charge in [0.25, 0.3) is 0 Å². The molecule has 1 amide bonds. The molecule has 2 fully saturated rings. The summed E-state index contributed by atoms with van der Waals surface area (Å²) in [6, 6.07) is 2.75. The molecule has 0 spiro atoms. The minimum absolute atomic E-state index is 0.0850. The third kappa shape index (κ3) is 2.16. The fourth-order valence-electron chi connectivity index (χ4n) is 3.00. The molecule has 0 aromatic carbocycles. The van der Waals surface area contributed by atoms with Crippen LogP contribution in [0.2, 0.25) is 0 Å². The fraction of sp³-hybridized carbons (Fsp3) is 0.846. The first-order chi connectivity index (χ1) is 8.09. The maximum Gasteiger partial charge on any atom is 0.243 e. The van der Waals surface area contributed by atoms with Crippen molar-refractivity contribution in [3.05, 3.63) is 0 Å². The Morgan fingerprint density at radius 1 is 1.41 bits per heavy atom. The number of nitrogens with zero attached hydrogens (tertiary/aromatic N) is 3. The van der Waals surface area contributed by atoms with Crippen molar-refractivity contribution < 1.29 is 4.79 Å². The van der Waals surface area contributed by atoms with E-state index in [1.54, 1.807) is 0 Å². The zero-order valence-corrected chi connectivity index (χ0v) is 10.8. The van der Waals surface area contributed by atoms with Crippen LogP contribution in [0.1, 0.15) is 32.1 Å². The Kier molecular flexibility index (Phi) is 3.39. The number of rotatable bonds is 2. The zero-order valence-electron chi connectivity index (χ0n) is 10.8. The Labute approximate surface area is 103 Å². The second kappa shape index (κ2) is 4.66. The van der Waals surface area contributed by atoms with Gasteiger partial charge in [-0.05, 0) is 33.4 Å². The molecule has 94 valence electrons. The van der Waals surface area contributed by atoms with Gasteiger partial charge in [0.1, 0.15) is 5.41 Å². The van der Waals surface area contributed by atoms with E-state index in [1.165, 1.54) is 0 Å². The Morgan fingerprint density at radius 3 is 2.53 bits per heavy atom. The lowest BCUT2D eigenvalue weighted by Gasteiger charge is -2.27. The van der Waals surface area contributed by atoms with Gasteiger partial charge >= 0.3 is 0 Å². The van der Waals surface area contributed by atoms with Crippen molar-refractivity contribution in [2.24, 2.45) is 5.41 Å². The summed E-state index contributed by atoms with van der Waals surface area (Å²) in [5.41, 5.74) is -0.693. The molecule has 1 aliphatic carbocycles. The standard InChI is InChI=1S/C13H21N3O/c1-15(2)11-5-8-16(9-11)12(17)13(10-14)6-3-4-7-13/h11H,3-9H2,1-2H3. The van der Waals surface area contributed by atoms with Crippen molar-refractivity contribution in [3.8, 4) is 6.07 Å². The highest BCUT2D eigenvalue weighted by molar-refractivity contribution is 5.86. The number of nitriles is 1. The lowest BCUT2D eigenvalue weighted by atomic mass is 9.86. The van der Waals surface area contributed by atoms with Gasteiger partial charge in [-0.3, -0.25) is 4.79 Å². The van der Waals surface area contributed by atoms with Gasteiger partial charge in [-0.25, -0.2) is 0 Å². The van der Waals surface area contributed by atoms with Gasteiger partial charge in [0.15, 0.2) is 0 Å². The lowest BCUT2D eigenvalue weighted by molar-refractivity contribution is -0.137. The Balaban J connectivity index is 2.04. The molecule has 0 aromatic heterocycles. The van der Waals surface area contributed by atoms with Crippen LogP contribution in [-0.4, -0.2) is 48.9 Å². The lowest BCUT2D eigenvalue weighted by Crippen LogP contribution is -2.42. The largest absolute Gasteiger partial charge is 0.340 e. The first-order valence-corrected chi connectivity index (χ1v) is 6.46. The smallest absolute Gasteiger partial charge is 0.243 e. The second-order valence-corrected chi connectivity index (χ2v) is 5.56. The molecule has 17 heavy (non-hydrogen) atoms. The highest BCUT2D eigenvalue weighted by atomic mass is 16.2. The number of hydrogen-bond donors (Lipinski definition) is 0. The molecule has 2 rings (SSSR count). The van der Waals surface area contributed by atoms with E-state index in [1.807, 2.05) is 19.0 Å². The van der Waals surface area contributed by atoms with E-state index in [9.17, 15) is 10.1 Å². The Morgan fingerprint density at radius 2 is 2.06 bits per heavy atom. The van der Waals surface area contributed by atoms with E-state index < -0.39 is 5.41 Å². The normalized spacial score (nSPS) is 27.4. The van der Waals surface area contributed by atoms with Crippen LogP contribution in [-0.2, 0) is 4.79 Å². The van der Waals surface area contributed by atoms with Crippen molar-refractivity contribution in [1.29, 1.82) is 5.26 Å². The summed E-state index contributed by atoms with van der Waals surface area (Å²) in [6.07, 6.45) is 4.58. The molecule has 4 nitrogen and oxygen atoms in total. The highest BCUT2D eigenvalue weighted by Crippen LogP contribution is 2.39. The molecule has 0 aromatic rings. The van der Waals surface area contributed by atoms with Crippen LogP contribution in [0.15, 0.2) is 0 Å². The number of carbonyl (C=O) groups is 1. The molecular formula is C13H21N3O. The molecule has 1 aliphatic heterocycles. The summed E-state index contributed by atoms with van der Waals surface area (Å²) >= 11 is 0. The first kappa shape index (κ1) is 12.4. The van der Waals surface area contributed by atoms with Gasteiger partial charge in [0, 0.05) is 19.1 Å². The van der Waals surface area contributed by atoms with Crippen LogP contribution in [0, 0.1) is 16.7 Å². The van der Waals surface area contributed by atoms with E-state index in [-0.39, 0.29) is 5.91 Å². The van der Waals surface area contributed by atoms with Crippen LogP contribution < -0.4 is 0 Å². The molecule has 1 unspecified atom stereocenters. The third-order valence-corrected chi connectivity index (χ3v) is 4.26. The Hall–Kier alpha value is -1.08. The van der Waals surface area contributed by atoms with Gasteiger partial charge in [-0.15, -0.1) is 0 Å². The summed E-state index contributed by atoms with van der Waals surface area (Å²) in [6.45, 7) is 1.60. The highest BCUT2D eigenvalue weighted by Gasteiger charge is 2.45. The summed E-state index contributed by atoms with van der Waals surface area (Å²) in [5.74, 6) is 0.0850. The molecule has 1 saturated carbocycles. The van der Waals surface area contributed by atoms with Gasteiger partial charge in [0.05, 0.1) is 6.07 Å². The van der Waals surface area contributed by atoms with Crippen LogP contribution in [0.3, 0.4) is 0 Å². The van der Waals surface area contributed by atoms with E-state index in [0.717, 1.165) is 45.2 Å². The molecule has 0 bridgehead atoms. The zero-order chi connectivity index (χ0) is 12.5. The fourth-order valence-corrected chi connectivity index (χ4v) is 3.00. The number of amides is 1. The summed E-state index contributed by atoms with van der Waals surface area (Å²) in [5, 5.41) is 9.31. The van der Waals surface area contributed by atoms with Gasteiger partial charge in [-0.2, -0.15) is 5.26 Å². The first-order valence-electron chi connectivity index (χ1n) is 6.46. The maximum absolute atomic E-state index is 12.5. The predicted molar refractivity (Wildman–Crippen MR) is 65.2 cm³/mol. The van der Waals surface area contributed by atoms with Gasteiger partial charge < -0.3 is 9.80 Å². The van der Waals surface area contributed by atoms with E-state index in [4.69, 9.17) is 0 Å². The second-order valence-electron chi connectivity index (χ2n) is 5.56. The van der Waals surface area contributed by atoms with Crippen molar-refractivity contribution in [2.45, 2.75) is 38.1 Å². The number of hydrogen-bond acceptors (Lipinski definition) is 3. The van der Waals surface area contributed by atoms with E-state index >= 15 is 0 Å². The number of likely N-dealkylation sites (N-methyl/N-ethyl adjacent to an activating group) is 1. The van der Waals surface area contributed by atoms with Crippen LogP contribution in [0.4, 0.5) is 0 Å². The minimum atomic E-state index is -0.693. The van der Waals surface area contributed by atoms with Gasteiger partial charge in [-0.1, -0.05) is 12.8 Å².